The Morgan fingerprint density at radius 1 is 1.33 bits per heavy atom. The number of aromatic hydroxyl groups is 1. The number of nitrogens with one attached hydrogen (secondary N) is 1. The van der Waals surface area contributed by atoms with E-state index in [1.54, 1.807) is 0 Å². The lowest BCUT2D eigenvalue weighted by atomic mass is 9.77. The van der Waals surface area contributed by atoms with E-state index in [2.05, 4.69) is 31.8 Å². The number of hydrogen-bond acceptors (Lipinski definition) is 2. The zero-order chi connectivity index (χ0) is 15.0. The zero-order valence-corrected chi connectivity index (χ0v) is 13.3. The van der Waals surface area contributed by atoms with Crippen LogP contribution in [0.2, 0.25) is 0 Å². The first-order chi connectivity index (χ1) is 10.2. The third-order valence-corrected chi connectivity index (χ3v) is 5.38. The Hall–Kier alpha value is -1.28. The molecule has 2 N–H and O–H groups in total. The fourth-order valence-electron chi connectivity index (χ4n) is 4.64. The maximum atomic E-state index is 10.8. The molecule has 2 aliphatic carbocycles. The van der Waals surface area contributed by atoms with Crippen LogP contribution in [0.15, 0.2) is 18.7 Å². The van der Waals surface area contributed by atoms with Crippen molar-refractivity contribution >= 4 is 0 Å². The minimum atomic E-state index is 0.332. The van der Waals surface area contributed by atoms with Crippen molar-refractivity contribution < 1.29 is 5.11 Å². The van der Waals surface area contributed by atoms with Crippen LogP contribution in [-0.4, -0.2) is 11.7 Å². The lowest BCUT2D eigenvalue weighted by Crippen LogP contribution is -2.28. The molecular formula is C19H27NO. The number of phenols is 1. The summed E-state index contributed by atoms with van der Waals surface area (Å²) in [5.74, 6) is 1.83. The number of aryl methyl sites for hydroxylation is 1. The fraction of sp³-hybridized carbons (Fsp3) is 0.579. The highest BCUT2D eigenvalue weighted by Crippen LogP contribution is 2.56. The maximum absolute atomic E-state index is 10.8. The van der Waals surface area contributed by atoms with Crippen LogP contribution < -0.4 is 5.32 Å². The van der Waals surface area contributed by atoms with E-state index in [9.17, 15) is 5.11 Å². The molecule has 0 heterocycles. The molecule has 2 nitrogen and oxygen atoms in total. The van der Waals surface area contributed by atoms with E-state index in [0.717, 1.165) is 18.5 Å². The summed E-state index contributed by atoms with van der Waals surface area (Å²) in [6, 6.07) is 2.51. The van der Waals surface area contributed by atoms with E-state index in [0.29, 0.717) is 23.6 Å². The Morgan fingerprint density at radius 2 is 2.10 bits per heavy atom. The van der Waals surface area contributed by atoms with Gasteiger partial charge in [0.15, 0.2) is 0 Å². The second-order valence-corrected chi connectivity index (χ2v) is 6.61. The molecular weight excluding hydrogens is 258 g/mol. The molecule has 1 saturated carbocycles. The van der Waals surface area contributed by atoms with Gasteiger partial charge in [-0.1, -0.05) is 31.9 Å². The van der Waals surface area contributed by atoms with Crippen molar-refractivity contribution in [1.82, 2.24) is 5.32 Å². The summed E-state index contributed by atoms with van der Waals surface area (Å²) >= 11 is 0. The standard InChI is InChI=1S/C19H27NO/c1-4-8-13-11-12(3)16-14-9-6-7-10-15(14)18(20-5-2)17(16)19(13)21/h4,11,14-15,18,20-21H,1,5-10H2,2-3H3. The number of rotatable bonds is 4. The van der Waals surface area contributed by atoms with Gasteiger partial charge in [0.25, 0.3) is 0 Å². The molecule has 0 radical (unpaired) electrons. The molecule has 0 aromatic heterocycles. The van der Waals surface area contributed by atoms with E-state index < -0.39 is 0 Å². The van der Waals surface area contributed by atoms with Crippen LogP contribution in [-0.2, 0) is 6.42 Å². The number of benzene rings is 1. The molecule has 0 saturated heterocycles. The number of fused-ring (bicyclic) bond motifs is 3. The van der Waals surface area contributed by atoms with E-state index in [4.69, 9.17) is 0 Å². The van der Waals surface area contributed by atoms with Crippen molar-refractivity contribution in [2.45, 2.75) is 57.9 Å². The average molecular weight is 285 g/mol. The first-order valence-electron chi connectivity index (χ1n) is 8.38. The Kier molecular flexibility index (Phi) is 4.08. The minimum absolute atomic E-state index is 0.332. The summed E-state index contributed by atoms with van der Waals surface area (Å²) in [7, 11) is 0. The molecule has 0 aliphatic heterocycles. The molecule has 3 unspecified atom stereocenters. The smallest absolute Gasteiger partial charge is 0.124 e. The number of phenolic OH excluding ortho intramolecular Hbond substituents is 1. The van der Waals surface area contributed by atoms with E-state index in [-0.39, 0.29) is 0 Å². The Morgan fingerprint density at radius 3 is 2.81 bits per heavy atom. The predicted octanol–water partition coefficient (Wildman–Crippen LogP) is 4.37. The van der Waals surface area contributed by atoms with Crippen LogP contribution in [0.5, 0.6) is 5.75 Å². The third-order valence-electron chi connectivity index (χ3n) is 5.38. The molecule has 21 heavy (non-hydrogen) atoms. The molecule has 3 atom stereocenters. The SMILES string of the molecule is C=CCc1cc(C)c2c(c1O)C(NCC)C1CCCCC21. The van der Waals surface area contributed by atoms with Crippen LogP contribution in [0, 0.1) is 12.8 Å². The van der Waals surface area contributed by atoms with Gasteiger partial charge in [-0.15, -0.1) is 6.58 Å². The van der Waals surface area contributed by atoms with Gasteiger partial charge in [-0.2, -0.15) is 0 Å². The molecule has 1 aromatic carbocycles. The Bertz CT molecular complexity index is 549. The predicted molar refractivity (Wildman–Crippen MR) is 87.9 cm³/mol. The number of allylic oxidation sites excluding steroid dienone is 1. The normalized spacial score (nSPS) is 27.2. The highest BCUT2D eigenvalue weighted by Gasteiger charge is 2.44. The second kappa shape index (κ2) is 5.84. The molecule has 3 rings (SSSR count). The van der Waals surface area contributed by atoms with Gasteiger partial charge < -0.3 is 10.4 Å². The topological polar surface area (TPSA) is 32.3 Å². The van der Waals surface area contributed by atoms with Crippen molar-refractivity contribution in [3.63, 3.8) is 0 Å². The summed E-state index contributed by atoms with van der Waals surface area (Å²) in [5, 5.41) is 14.5. The minimum Gasteiger partial charge on any atom is -0.507 e. The van der Waals surface area contributed by atoms with Gasteiger partial charge in [0, 0.05) is 11.6 Å². The summed E-state index contributed by atoms with van der Waals surface area (Å²) < 4.78 is 0. The third kappa shape index (κ3) is 2.30. The zero-order valence-electron chi connectivity index (χ0n) is 13.3. The molecule has 1 aromatic rings. The van der Waals surface area contributed by atoms with Crippen LogP contribution >= 0.6 is 0 Å². The van der Waals surface area contributed by atoms with Gasteiger partial charge in [-0.05, 0) is 61.3 Å². The highest BCUT2D eigenvalue weighted by molar-refractivity contribution is 5.56. The maximum Gasteiger partial charge on any atom is 0.124 e. The van der Waals surface area contributed by atoms with Gasteiger partial charge in [-0.3, -0.25) is 0 Å². The molecule has 2 aliphatic rings. The van der Waals surface area contributed by atoms with Gasteiger partial charge in [0.1, 0.15) is 5.75 Å². The van der Waals surface area contributed by atoms with E-state index in [1.165, 1.54) is 42.4 Å². The summed E-state index contributed by atoms with van der Waals surface area (Å²) in [6.45, 7) is 9.15. The van der Waals surface area contributed by atoms with Gasteiger partial charge in [0.05, 0.1) is 0 Å². The molecule has 0 bridgehead atoms. The summed E-state index contributed by atoms with van der Waals surface area (Å²) in [5.41, 5.74) is 5.03. The number of hydrogen-bond donors (Lipinski definition) is 2. The quantitative estimate of drug-likeness (QED) is 0.805. The first kappa shape index (κ1) is 14.6. The van der Waals surface area contributed by atoms with Crippen LogP contribution in [0.25, 0.3) is 0 Å². The van der Waals surface area contributed by atoms with Gasteiger partial charge in [0.2, 0.25) is 0 Å². The van der Waals surface area contributed by atoms with Crippen molar-refractivity contribution in [3.8, 4) is 5.75 Å². The lowest BCUT2D eigenvalue weighted by Gasteiger charge is -2.30. The van der Waals surface area contributed by atoms with Crippen molar-refractivity contribution in [3.05, 3.63) is 41.0 Å². The van der Waals surface area contributed by atoms with Gasteiger partial charge in [-0.25, -0.2) is 0 Å². The summed E-state index contributed by atoms with van der Waals surface area (Å²) in [6.07, 6.45) is 7.84. The van der Waals surface area contributed by atoms with Gasteiger partial charge >= 0.3 is 0 Å². The highest BCUT2D eigenvalue weighted by atomic mass is 16.3. The van der Waals surface area contributed by atoms with Crippen LogP contribution in [0.1, 0.15) is 66.8 Å². The van der Waals surface area contributed by atoms with Crippen molar-refractivity contribution in [1.29, 1.82) is 0 Å². The second-order valence-electron chi connectivity index (χ2n) is 6.61. The van der Waals surface area contributed by atoms with Crippen molar-refractivity contribution in [2.75, 3.05) is 6.54 Å². The molecule has 2 heteroatoms. The first-order valence-corrected chi connectivity index (χ1v) is 8.38. The van der Waals surface area contributed by atoms with E-state index >= 15 is 0 Å². The average Bonchev–Trinajstić information content (AvgIpc) is 2.81. The summed E-state index contributed by atoms with van der Waals surface area (Å²) in [4.78, 5) is 0. The van der Waals surface area contributed by atoms with Crippen LogP contribution in [0.4, 0.5) is 0 Å². The molecule has 114 valence electrons. The Balaban J connectivity index is 2.14. The monoisotopic (exact) mass is 285 g/mol. The lowest BCUT2D eigenvalue weighted by molar-refractivity contribution is 0.263. The molecule has 0 spiro atoms. The molecule has 1 fully saturated rings. The van der Waals surface area contributed by atoms with Crippen LogP contribution in [0.3, 0.4) is 0 Å². The largest absolute Gasteiger partial charge is 0.507 e. The molecule has 0 amide bonds. The van der Waals surface area contributed by atoms with E-state index in [1.807, 2.05) is 6.08 Å². The van der Waals surface area contributed by atoms with Crippen molar-refractivity contribution in [2.24, 2.45) is 5.92 Å². The Labute approximate surface area is 128 Å². The fourth-order valence-corrected chi connectivity index (χ4v) is 4.64.